The summed E-state index contributed by atoms with van der Waals surface area (Å²) in [5.74, 6) is -0.0441. The average Bonchev–Trinajstić information content (AvgIpc) is 2.28. The molecule has 0 aliphatic rings. The Morgan fingerprint density at radius 2 is 1.95 bits per heavy atom. The maximum atomic E-state index is 12.5. The Morgan fingerprint density at radius 1 is 1.32 bits per heavy atom. The lowest BCUT2D eigenvalue weighted by molar-refractivity contribution is 0.271. The van der Waals surface area contributed by atoms with E-state index in [0.717, 1.165) is 0 Å². The van der Waals surface area contributed by atoms with Gasteiger partial charge in [-0.2, -0.15) is 4.31 Å². The number of hydrogen-bond donors (Lipinski definition) is 1. The van der Waals surface area contributed by atoms with Gasteiger partial charge in [0.2, 0.25) is 10.0 Å². The van der Waals surface area contributed by atoms with Gasteiger partial charge in [-0.15, -0.1) is 0 Å². The molecule has 0 aromatic heterocycles. The monoisotopic (exact) mass is 286 g/mol. The quantitative estimate of drug-likeness (QED) is 0.857. The predicted octanol–water partition coefficient (Wildman–Crippen LogP) is 1.35. The van der Waals surface area contributed by atoms with Gasteiger partial charge in [-0.25, -0.2) is 8.42 Å². The highest BCUT2D eigenvalue weighted by molar-refractivity contribution is 7.89. The van der Waals surface area contributed by atoms with Crippen LogP contribution in [0.2, 0.25) is 0 Å². The Morgan fingerprint density at radius 3 is 2.42 bits per heavy atom. The van der Waals surface area contributed by atoms with E-state index in [2.05, 4.69) is 0 Å². The van der Waals surface area contributed by atoms with Crippen LogP contribution in [0.1, 0.15) is 13.8 Å². The topological polar surface area (TPSA) is 60.9 Å². The molecule has 0 aliphatic heterocycles. The highest BCUT2D eigenvalue weighted by Gasteiger charge is 2.28. The van der Waals surface area contributed by atoms with Crippen molar-refractivity contribution in [3.63, 3.8) is 0 Å². The van der Waals surface area contributed by atoms with Crippen LogP contribution in [0.3, 0.4) is 0 Å². The highest BCUT2D eigenvalue weighted by atomic mass is 32.2. The maximum Gasteiger partial charge on any atom is 0.243 e. The number of phenolic OH excluding ortho intramolecular Hbond substituents is 1. The second kappa shape index (κ2) is 6.36. The lowest BCUT2D eigenvalue weighted by Crippen LogP contribution is -2.43. The fraction of sp³-hybridized carbons (Fsp3) is 0.538. The molecule has 0 bridgehead atoms. The van der Waals surface area contributed by atoms with Gasteiger partial charge in [-0.1, -0.05) is 13.0 Å². The number of hydrogen-bond acceptors (Lipinski definition) is 4. The molecule has 0 heterocycles. The molecule has 0 spiro atoms. The van der Waals surface area contributed by atoms with E-state index in [1.807, 2.05) is 32.8 Å². The molecule has 0 saturated heterocycles. The molecule has 5 nitrogen and oxygen atoms in total. The lowest BCUT2D eigenvalue weighted by Gasteiger charge is -2.29. The number of sulfonamides is 1. The van der Waals surface area contributed by atoms with E-state index in [-0.39, 0.29) is 16.7 Å². The molecule has 0 amide bonds. The van der Waals surface area contributed by atoms with E-state index in [4.69, 9.17) is 0 Å². The predicted molar refractivity (Wildman–Crippen MR) is 75.7 cm³/mol. The van der Waals surface area contributed by atoms with E-state index in [1.54, 1.807) is 0 Å². The summed E-state index contributed by atoms with van der Waals surface area (Å²) in [7, 11) is 0.244. The number of benzene rings is 1. The van der Waals surface area contributed by atoms with Crippen LogP contribution in [0.25, 0.3) is 0 Å². The van der Waals surface area contributed by atoms with Gasteiger partial charge in [-0.3, -0.25) is 0 Å². The van der Waals surface area contributed by atoms with Crippen LogP contribution in [0.5, 0.6) is 5.75 Å². The zero-order valence-electron chi connectivity index (χ0n) is 11.9. The summed E-state index contributed by atoms with van der Waals surface area (Å²) in [5.41, 5.74) is 0. The van der Waals surface area contributed by atoms with Gasteiger partial charge in [0, 0.05) is 19.1 Å². The van der Waals surface area contributed by atoms with Crippen molar-refractivity contribution in [2.75, 3.05) is 27.2 Å². The molecule has 1 aromatic rings. The molecule has 108 valence electrons. The Labute approximate surface area is 115 Å². The first-order valence-electron chi connectivity index (χ1n) is 6.24. The van der Waals surface area contributed by atoms with E-state index < -0.39 is 10.0 Å². The van der Waals surface area contributed by atoms with Gasteiger partial charge in [0.1, 0.15) is 5.75 Å². The third-order valence-corrected chi connectivity index (χ3v) is 4.94. The van der Waals surface area contributed by atoms with Crippen LogP contribution >= 0.6 is 0 Å². The normalized spacial score (nSPS) is 14.0. The summed E-state index contributed by atoms with van der Waals surface area (Å²) in [6.45, 7) is 4.73. The zero-order chi connectivity index (χ0) is 14.6. The maximum absolute atomic E-state index is 12.5. The summed E-state index contributed by atoms with van der Waals surface area (Å²) in [5, 5.41) is 9.42. The van der Waals surface area contributed by atoms with E-state index in [9.17, 15) is 13.5 Å². The van der Waals surface area contributed by atoms with Crippen molar-refractivity contribution < 1.29 is 13.5 Å². The standard InChI is InChI=1S/C13H22N2O3S/c1-5-15(11(2)10-14(3)4)19(17,18)13-8-6-7-12(16)9-13/h6-9,11,16H,5,10H2,1-4H3. The molecule has 1 rings (SSSR count). The molecular weight excluding hydrogens is 264 g/mol. The van der Waals surface area contributed by atoms with E-state index in [1.165, 1.54) is 28.6 Å². The molecule has 0 fully saturated rings. The van der Waals surface area contributed by atoms with Crippen LogP contribution in [0.15, 0.2) is 29.2 Å². The van der Waals surface area contributed by atoms with Gasteiger partial charge < -0.3 is 10.0 Å². The Bertz CT molecular complexity index is 514. The van der Waals surface area contributed by atoms with Crippen molar-refractivity contribution in [1.29, 1.82) is 0 Å². The first-order valence-corrected chi connectivity index (χ1v) is 7.68. The second-order valence-corrected chi connectivity index (χ2v) is 6.71. The second-order valence-electron chi connectivity index (χ2n) is 4.82. The van der Waals surface area contributed by atoms with Gasteiger partial charge in [0.25, 0.3) is 0 Å². The third-order valence-electron chi connectivity index (χ3n) is 2.86. The van der Waals surface area contributed by atoms with Crippen molar-refractivity contribution in [3.05, 3.63) is 24.3 Å². The molecule has 1 unspecified atom stereocenters. The molecule has 0 radical (unpaired) electrons. The van der Waals surface area contributed by atoms with Crippen LogP contribution in [0.4, 0.5) is 0 Å². The number of likely N-dealkylation sites (N-methyl/N-ethyl adjacent to an activating group) is 2. The first kappa shape index (κ1) is 15.9. The minimum atomic E-state index is -3.57. The minimum absolute atomic E-state index is 0.0441. The van der Waals surface area contributed by atoms with Crippen molar-refractivity contribution in [1.82, 2.24) is 9.21 Å². The van der Waals surface area contributed by atoms with Crippen molar-refractivity contribution in [2.24, 2.45) is 0 Å². The van der Waals surface area contributed by atoms with Crippen LogP contribution < -0.4 is 0 Å². The lowest BCUT2D eigenvalue weighted by atomic mass is 10.3. The molecule has 19 heavy (non-hydrogen) atoms. The smallest absolute Gasteiger partial charge is 0.243 e. The van der Waals surface area contributed by atoms with Gasteiger partial charge in [-0.05, 0) is 39.2 Å². The Hall–Kier alpha value is -1.11. The fourth-order valence-electron chi connectivity index (χ4n) is 2.12. The summed E-state index contributed by atoms with van der Waals surface area (Å²) in [4.78, 5) is 2.07. The SMILES string of the molecule is CCN(C(C)CN(C)C)S(=O)(=O)c1cccc(O)c1. The summed E-state index contributed by atoms with van der Waals surface area (Å²) in [6, 6.07) is 5.64. The van der Waals surface area contributed by atoms with Crippen LogP contribution in [-0.4, -0.2) is 56.0 Å². The third kappa shape index (κ3) is 3.92. The largest absolute Gasteiger partial charge is 0.508 e. The highest BCUT2D eigenvalue weighted by Crippen LogP contribution is 2.21. The molecule has 1 atom stereocenters. The fourth-order valence-corrected chi connectivity index (χ4v) is 3.79. The molecule has 0 saturated carbocycles. The Kier molecular flexibility index (Phi) is 5.34. The van der Waals surface area contributed by atoms with Crippen molar-refractivity contribution in [3.8, 4) is 5.75 Å². The zero-order valence-corrected chi connectivity index (χ0v) is 12.7. The van der Waals surface area contributed by atoms with E-state index >= 15 is 0 Å². The van der Waals surface area contributed by atoms with Crippen LogP contribution in [-0.2, 0) is 10.0 Å². The first-order chi connectivity index (χ1) is 8.78. The molecule has 1 N–H and O–H groups in total. The van der Waals surface area contributed by atoms with Crippen molar-refractivity contribution in [2.45, 2.75) is 24.8 Å². The number of rotatable bonds is 6. The van der Waals surface area contributed by atoms with Gasteiger partial charge in [0.15, 0.2) is 0 Å². The summed E-state index contributed by atoms with van der Waals surface area (Å²) in [6.07, 6.45) is 0. The number of phenols is 1. The van der Waals surface area contributed by atoms with Crippen LogP contribution in [0, 0.1) is 0 Å². The summed E-state index contributed by atoms with van der Waals surface area (Å²) >= 11 is 0. The summed E-state index contributed by atoms with van der Waals surface area (Å²) < 4.78 is 26.5. The van der Waals surface area contributed by atoms with E-state index in [0.29, 0.717) is 13.1 Å². The van der Waals surface area contributed by atoms with Crippen molar-refractivity contribution >= 4 is 10.0 Å². The molecule has 0 aliphatic carbocycles. The molecule has 1 aromatic carbocycles. The molecule has 6 heteroatoms. The van der Waals surface area contributed by atoms with Gasteiger partial charge in [0.05, 0.1) is 4.90 Å². The number of nitrogens with zero attached hydrogens (tertiary/aromatic N) is 2. The number of aromatic hydroxyl groups is 1. The minimum Gasteiger partial charge on any atom is -0.508 e. The molecular formula is C13H22N2O3S. The average molecular weight is 286 g/mol. The Balaban J connectivity index is 3.09. The van der Waals surface area contributed by atoms with Gasteiger partial charge >= 0.3 is 0 Å².